The van der Waals surface area contributed by atoms with Gasteiger partial charge in [-0.3, -0.25) is 4.68 Å². The number of nitrogens with zero attached hydrogens (tertiary/aromatic N) is 2. The second-order valence-electron chi connectivity index (χ2n) is 2.71. The molecule has 1 rings (SSSR count). The molecule has 0 spiro atoms. The van der Waals surface area contributed by atoms with E-state index in [1.165, 1.54) is 4.68 Å². The zero-order valence-corrected chi connectivity index (χ0v) is 8.72. The lowest BCUT2D eigenvalue weighted by atomic mass is 10.2. The fourth-order valence-electron chi connectivity index (χ4n) is 1.16. The Hall–Kier alpha value is -0.900. The Kier molecular flexibility index (Phi) is 3.63. The van der Waals surface area contributed by atoms with E-state index in [2.05, 4.69) is 5.10 Å². The number of hydrogen-bond donors (Lipinski definition) is 0. The summed E-state index contributed by atoms with van der Waals surface area (Å²) >= 11 is 5.87. The predicted molar refractivity (Wildman–Crippen MR) is 52.6 cm³/mol. The predicted octanol–water partition coefficient (Wildman–Crippen LogP) is 3.53. The highest BCUT2D eigenvalue weighted by atomic mass is 35.5. The van der Waals surface area contributed by atoms with Gasteiger partial charge < -0.3 is 0 Å². The summed E-state index contributed by atoms with van der Waals surface area (Å²) in [5.74, 6) is 0. The van der Waals surface area contributed by atoms with Crippen molar-refractivity contribution in [3.05, 3.63) is 22.5 Å². The fraction of sp³-hybridized carbons (Fsp3) is 0.444. The van der Waals surface area contributed by atoms with Crippen molar-refractivity contribution < 1.29 is 8.78 Å². The average molecular weight is 221 g/mol. The monoisotopic (exact) mass is 220 g/mol. The third kappa shape index (κ3) is 1.95. The molecule has 0 fully saturated rings. The number of hydrogen-bond acceptors (Lipinski definition) is 1. The zero-order valence-electron chi connectivity index (χ0n) is 7.97. The summed E-state index contributed by atoms with van der Waals surface area (Å²) in [5.41, 5.74) is 0.0565. The van der Waals surface area contributed by atoms with Crippen molar-refractivity contribution in [3.8, 4) is 0 Å². The number of allylic oxidation sites excluding steroid dienone is 1. The van der Waals surface area contributed by atoms with Crippen LogP contribution in [0.25, 0.3) is 6.08 Å². The summed E-state index contributed by atoms with van der Waals surface area (Å²) in [6.45, 7) is 4.03. The minimum Gasteiger partial charge on any atom is -0.253 e. The smallest absolute Gasteiger partial charge is 0.253 e. The van der Waals surface area contributed by atoms with Crippen LogP contribution in [0.15, 0.2) is 6.08 Å². The first kappa shape index (κ1) is 11.2. The van der Waals surface area contributed by atoms with Gasteiger partial charge in [-0.1, -0.05) is 23.8 Å². The van der Waals surface area contributed by atoms with Crippen molar-refractivity contribution in [2.45, 2.75) is 26.8 Å². The van der Waals surface area contributed by atoms with E-state index in [1.54, 1.807) is 26.0 Å². The molecule has 5 heteroatoms. The Morgan fingerprint density at radius 2 is 2.21 bits per heavy atom. The summed E-state index contributed by atoms with van der Waals surface area (Å²) in [6, 6.07) is 0. The highest BCUT2D eigenvalue weighted by molar-refractivity contribution is 6.31. The molecule has 0 aromatic carbocycles. The van der Waals surface area contributed by atoms with Crippen molar-refractivity contribution >= 4 is 17.7 Å². The van der Waals surface area contributed by atoms with Gasteiger partial charge in [-0.25, -0.2) is 8.78 Å². The number of alkyl halides is 2. The molecular weight excluding hydrogens is 210 g/mol. The van der Waals surface area contributed by atoms with Gasteiger partial charge >= 0.3 is 0 Å². The summed E-state index contributed by atoms with van der Waals surface area (Å²) in [4.78, 5) is 0. The highest BCUT2D eigenvalue weighted by Gasteiger charge is 2.20. The number of aryl methyl sites for hydroxylation is 1. The topological polar surface area (TPSA) is 17.8 Å². The molecule has 0 saturated heterocycles. The van der Waals surface area contributed by atoms with Crippen LogP contribution in [0, 0.1) is 0 Å². The first-order valence-electron chi connectivity index (χ1n) is 4.28. The maximum absolute atomic E-state index is 12.5. The third-order valence-electron chi connectivity index (χ3n) is 1.79. The molecule has 0 radical (unpaired) electrons. The van der Waals surface area contributed by atoms with Crippen LogP contribution in [0.2, 0.25) is 5.15 Å². The quantitative estimate of drug-likeness (QED) is 0.762. The number of halogens is 3. The SMILES string of the molecule is CC=Cc1c(C(F)F)nn(CC)c1Cl. The molecule has 14 heavy (non-hydrogen) atoms. The molecule has 78 valence electrons. The largest absolute Gasteiger partial charge is 0.282 e. The van der Waals surface area contributed by atoms with Gasteiger partial charge in [0.15, 0.2) is 0 Å². The lowest BCUT2D eigenvalue weighted by molar-refractivity contribution is 0.145. The van der Waals surface area contributed by atoms with Crippen LogP contribution in [0.5, 0.6) is 0 Å². The first-order chi connectivity index (χ1) is 6.61. The Morgan fingerprint density at radius 1 is 1.57 bits per heavy atom. The van der Waals surface area contributed by atoms with Crippen molar-refractivity contribution in [2.75, 3.05) is 0 Å². The molecule has 0 unspecified atom stereocenters. The molecule has 0 amide bonds. The van der Waals surface area contributed by atoms with Crippen LogP contribution in [0.1, 0.15) is 31.5 Å². The van der Waals surface area contributed by atoms with Crippen LogP contribution in [0.4, 0.5) is 8.78 Å². The number of rotatable bonds is 3. The van der Waals surface area contributed by atoms with Crippen LogP contribution in [-0.2, 0) is 6.54 Å². The minimum absolute atomic E-state index is 0.255. The number of aromatic nitrogens is 2. The molecule has 0 aliphatic rings. The van der Waals surface area contributed by atoms with Crippen molar-refractivity contribution in [3.63, 3.8) is 0 Å². The third-order valence-corrected chi connectivity index (χ3v) is 2.19. The standard InChI is InChI=1S/C9H11ClF2N2/c1-3-5-6-7(9(11)12)13-14(4-2)8(6)10/h3,5,9H,4H2,1-2H3. The average Bonchev–Trinajstić information content (AvgIpc) is 2.45. The van der Waals surface area contributed by atoms with Gasteiger partial charge in [-0.15, -0.1) is 0 Å². The molecule has 0 aliphatic heterocycles. The van der Waals surface area contributed by atoms with E-state index in [1.807, 2.05) is 0 Å². The van der Waals surface area contributed by atoms with E-state index < -0.39 is 6.43 Å². The van der Waals surface area contributed by atoms with Crippen molar-refractivity contribution in [2.24, 2.45) is 0 Å². The lowest BCUT2D eigenvalue weighted by Crippen LogP contribution is -1.97. The van der Waals surface area contributed by atoms with Crippen molar-refractivity contribution in [1.82, 2.24) is 9.78 Å². The van der Waals surface area contributed by atoms with E-state index in [0.29, 0.717) is 12.1 Å². The van der Waals surface area contributed by atoms with Crippen LogP contribution < -0.4 is 0 Å². The fourth-order valence-corrected chi connectivity index (χ4v) is 1.48. The summed E-state index contributed by atoms with van der Waals surface area (Å²) in [6.07, 6.45) is 0.615. The lowest BCUT2D eigenvalue weighted by Gasteiger charge is -1.95. The van der Waals surface area contributed by atoms with Crippen molar-refractivity contribution in [1.29, 1.82) is 0 Å². The summed E-state index contributed by atoms with van der Waals surface area (Å²) in [5, 5.41) is 3.99. The summed E-state index contributed by atoms with van der Waals surface area (Å²) in [7, 11) is 0. The minimum atomic E-state index is -2.59. The molecular formula is C9H11ClF2N2. The van der Waals surface area contributed by atoms with Gasteiger partial charge in [0.2, 0.25) is 0 Å². The van der Waals surface area contributed by atoms with Crippen LogP contribution >= 0.6 is 11.6 Å². The van der Waals surface area contributed by atoms with Gasteiger partial charge in [0.05, 0.1) is 0 Å². The molecule has 2 nitrogen and oxygen atoms in total. The molecule has 1 aromatic heterocycles. The first-order valence-corrected chi connectivity index (χ1v) is 4.66. The second kappa shape index (κ2) is 4.55. The Morgan fingerprint density at radius 3 is 2.64 bits per heavy atom. The van der Waals surface area contributed by atoms with Gasteiger partial charge in [0.25, 0.3) is 6.43 Å². The van der Waals surface area contributed by atoms with Gasteiger partial charge in [0, 0.05) is 12.1 Å². The van der Waals surface area contributed by atoms with Gasteiger partial charge in [-0.2, -0.15) is 5.10 Å². The van der Waals surface area contributed by atoms with Gasteiger partial charge in [0.1, 0.15) is 10.8 Å². The zero-order chi connectivity index (χ0) is 10.7. The molecule has 0 saturated carbocycles. The van der Waals surface area contributed by atoms with E-state index in [9.17, 15) is 8.78 Å². The van der Waals surface area contributed by atoms with Crippen LogP contribution in [-0.4, -0.2) is 9.78 Å². The Balaban J connectivity index is 3.27. The van der Waals surface area contributed by atoms with Crippen LogP contribution in [0.3, 0.4) is 0 Å². The maximum atomic E-state index is 12.5. The molecule has 0 atom stereocenters. The maximum Gasteiger partial charge on any atom is 0.282 e. The second-order valence-corrected chi connectivity index (χ2v) is 3.06. The molecule has 0 N–H and O–H groups in total. The van der Waals surface area contributed by atoms with Gasteiger partial charge in [-0.05, 0) is 13.8 Å². The van der Waals surface area contributed by atoms with E-state index >= 15 is 0 Å². The summed E-state index contributed by atoms with van der Waals surface area (Å²) < 4.78 is 26.4. The molecule has 0 aliphatic carbocycles. The Labute approximate surface area is 86.2 Å². The molecule has 0 bridgehead atoms. The molecule has 1 aromatic rings. The molecule has 1 heterocycles. The van der Waals surface area contributed by atoms with E-state index in [-0.39, 0.29) is 10.8 Å². The van der Waals surface area contributed by atoms with E-state index in [0.717, 1.165) is 0 Å². The van der Waals surface area contributed by atoms with E-state index in [4.69, 9.17) is 11.6 Å². The normalized spacial score (nSPS) is 11.9. The Bertz CT molecular complexity index is 345. The highest BCUT2D eigenvalue weighted by Crippen LogP contribution is 2.28.